The first kappa shape index (κ1) is 12.7. The van der Waals surface area contributed by atoms with Gasteiger partial charge in [-0.3, -0.25) is 4.90 Å². The second kappa shape index (κ2) is 5.71. The van der Waals surface area contributed by atoms with E-state index in [-0.39, 0.29) is 0 Å². The van der Waals surface area contributed by atoms with E-state index in [2.05, 4.69) is 4.90 Å². The van der Waals surface area contributed by atoms with Crippen molar-refractivity contribution < 1.29 is 9.84 Å². The minimum Gasteiger partial charge on any atom is -0.508 e. The summed E-state index contributed by atoms with van der Waals surface area (Å²) in [5.41, 5.74) is 0.899. The second-order valence-electron chi connectivity index (χ2n) is 4.62. The van der Waals surface area contributed by atoms with Crippen LogP contribution in [0.15, 0.2) is 18.2 Å². The molecular weight excluding hydrogens is 238 g/mol. The summed E-state index contributed by atoms with van der Waals surface area (Å²) in [6.45, 7) is 3.66. The SMILES string of the molecule is COCC1CCN(Cc2cc(Cl)ccc2O)C1. The predicted molar refractivity (Wildman–Crippen MR) is 68.4 cm³/mol. The summed E-state index contributed by atoms with van der Waals surface area (Å²) in [6, 6.07) is 5.19. The lowest BCUT2D eigenvalue weighted by Gasteiger charge is -2.16. The van der Waals surface area contributed by atoms with E-state index in [1.54, 1.807) is 19.2 Å². The Hall–Kier alpha value is -0.770. The average molecular weight is 256 g/mol. The number of benzene rings is 1. The first-order chi connectivity index (χ1) is 8.19. The van der Waals surface area contributed by atoms with Crippen LogP contribution in [0.5, 0.6) is 5.75 Å². The van der Waals surface area contributed by atoms with Crippen LogP contribution in [0.1, 0.15) is 12.0 Å². The molecule has 2 rings (SSSR count). The summed E-state index contributed by atoms with van der Waals surface area (Å²) >= 11 is 5.93. The Morgan fingerprint density at radius 2 is 2.35 bits per heavy atom. The summed E-state index contributed by atoms with van der Waals surface area (Å²) in [4.78, 5) is 2.33. The molecule has 1 heterocycles. The van der Waals surface area contributed by atoms with Crippen LogP contribution in [-0.4, -0.2) is 36.8 Å². The molecule has 0 saturated carbocycles. The maximum Gasteiger partial charge on any atom is 0.120 e. The fraction of sp³-hybridized carbons (Fsp3) is 0.538. The van der Waals surface area contributed by atoms with Crippen molar-refractivity contribution in [1.82, 2.24) is 4.90 Å². The highest BCUT2D eigenvalue weighted by Crippen LogP contribution is 2.25. The third kappa shape index (κ3) is 3.35. The minimum atomic E-state index is 0.324. The third-order valence-electron chi connectivity index (χ3n) is 3.21. The van der Waals surface area contributed by atoms with Gasteiger partial charge in [-0.05, 0) is 37.1 Å². The van der Waals surface area contributed by atoms with E-state index < -0.39 is 0 Å². The van der Waals surface area contributed by atoms with Gasteiger partial charge in [0.1, 0.15) is 5.75 Å². The van der Waals surface area contributed by atoms with Crippen LogP contribution in [0.25, 0.3) is 0 Å². The number of aromatic hydroxyl groups is 1. The van der Waals surface area contributed by atoms with Crippen LogP contribution in [0, 0.1) is 5.92 Å². The summed E-state index contributed by atoms with van der Waals surface area (Å²) in [7, 11) is 1.74. The number of methoxy groups -OCH3 is 1. The Morgan fingerprint density at radius 1 is 1.53 bits per heavy atom. The molecule has 1 unspecified atom stereocenters. The Balaban J connectivity index is 1.95. The Morgan fingerprint density at radius 3 is 3.12 bits per heavy atom. The molecule has 0 aromatic heterocycles. The van der Waals surface area contributed by atoms with Crippen molar-refractivity contribution in [2.45, 2.75) is 13.0 Å². The Kier molecular flexibility index (Phi) is 4.26. The Labute approximate surface area is 107 Å². The standard InChI is InChI=1S/C13H18ClNO2/c1-17-9-10-4-5-15(7-10)8-11-6-12(14)2-3-13(11)16/h2-3,6,10,16H,4-5,7-9H2,1H3. The van der Waals surface area contributed by atoms with Gasteiger partial charge in [0.05, 0.1) is 6.61 Å². The highest BCUT2D eigenvalue weighted by Gasteiger charge is 2.22. The molecule has 1 atom stereocenters. The smallest absolute Gasteiger partial charge is 0.120 e. The molecule has 1 fully saturated rings. The van der Waals surface area contributed by atoms with E-state index in [9.17, 15) is 5.11 Å². The third-order valence-corrected chi connectivity index (χ3v) is 3.44. The number of hydrogen-bond donors (Lipinski definition) is 1. The number of halogens is 1. The summed E-state index contributed by atoms with van der Waals surface area (Å²) in [5.74, 6) is 0.936. The Bertz CT molecular complexity index is 384. The van der Waals surface area contributed by atoms with Crippen molar-refractivity contribution in [3.63, 3.8) is 0 Å². The summed E-state index contributed by atoms with van der Waals surface area (Å²) in [6.07, 6.45) is 1.16. The van der Waals surface area contributed by atoms with Crippen LogP contribution in [0.4, 0.5) is 0 Å². The van der Waals surface area contributed by atoms with Crippen molar-refractivity contribution in [3.8, 4) is 5.75 Å². The van der Waals surface area contributed by atoms with Crippen LogP contribution in [0.3, 0.4) is 0 Å². The normalized spacial score (nSPS) is 20.9. The number of rotatable bonds is 4. The molecule has 0 bridgehead atoms. The van der Waals surface area contributed by atoms with Gasteiger partial charge in [-0.15, -0.1) is 0 Å². The van der Waals surface area contributed by atoms with Crippen LogP contribution >= 0.6 is 11.6 Å². The van der Waals surface area contributed by atoms with E-state index in [4.69, 9.17) is 16.3 Å². The molecule has 4 heteroatoms. The van der Waals surface area contributed by atoms with Crippen LogP contribution < -0.4 is 0 Å². The maximum absolute atomic E-state index is 9.75. The quantitative estimate of drug-likeness (QED) is 0.897. The molecule has 1 aromatic carbocycles. The molecule has 0 spiro atoms. The number of nitrogens with zero attached hydrogens (tertiary/aromatic N) is 1. The predicted octanol–water partition coefficient (Wildman–Crippen LogP) is 2.51. The van der Waals surface area contributed by atoms with Gasteiger partial charge in [-0.1, -0.05) is 11.6 Å². The number of likely N-dealkylation sites (tertiary alicyclic amines) is 1. The van der Waals surface area contributed by atoms with Crippen LogP contribution in [0.2, 0.25) is 5.02 Å². The van der Waals surface area contributed by atoms with Crippen molar-refractivity contribution in [1.29, 1.82) is 0 Å². The summed E-state index contributed by atoms with van der Waals surface area (Å²) in [5, 5.41) is 10.4. The first-order valence-corrected chi connectivity index (χ1v) is 6.25. The van der Waals surface area contributed by atoms with Crippen LogP contribution in [-0.2, 0) is 11.3 Å². The van der Waals surface area contributed by atoms with E-state index >= 15 is 0 Å². The molecule has 94 valence electrons. The summed E-state index contributed by atoms with van der Waals surface area (Å²) < 4.78 is 5.17. The van der Waals surface area contributed by atoms with Gasteiger partial charge < -0.3 is 9.84 Å². The molecule has 1 N–H and O–H groups in total. The fourth-order valence-corrected chi connectivity index (χ4v) is 2.54. The lowest BCUT2D eigenvalue weighted by atomic mass is 10.1. The van der Waals surface area contributed by atoms with Gasteiger partial charge >= 0.3 is 0 Å². The lowest BCUT2D eigenvalue weighted by molar-refractivity contribution is 0.152. The fourth-order valence-electron chi connectivity index (χ4n) is 2.35. The van der Waals surface area contributed by atoms with E-state index in [0.29, 0.717) is 16.7 Å². The van der Waals surface area contributed by atoms with Gasteiger partial charge in [-0.25, -0.2) is 0 Å². The minimum absolute atomic E-state index is 0.324. The molecule has 1 saturated heterocycles. The number of phenols is 1. The van der Waals surface area contributed by atoms with E-state index in [0.717, 1.165) is 38.2 Å². The van der Waals surface area contributed by atoms with Crippen molar-refractivity contribution in [2.24, 2.45) is 5.92 Å². The largest absolute Gasteiger partial charge is 0.508 e. The average Bonchev–Trinajstić information content (AvgIpc) is 2.72. The number of phenolic OH excluding ortho intramolecular Hbond substituents is 1. The number of hydrogen-bond acceptors (Lipinski definition) is 3. The number of ether oxygens (including phenoxy) is 1. The highest BCUT2D eigenvalue weighted by molar-refractivity contribution is 6.30. The van der Waals surface area contributed by atoms with Crippen molar-refractivity contribution >= 4 is 11.6 Å². The first-order valence-electron chi connectivity index (χ1n) is 5.87. The molecule has 0 aliphatic carbocycles. The zero-order chi connectivity index (χ0) is 12.3. The maximum atomic E-state index is 9.75. The van der Waals surface area contributed by atoms with Gasteiger partial charge in [0.25, 0.3) is 0 Å². The van der Waals surface area contributed by atoms with Gasteiger partial charge in [-0.2, -0.15) is 0 Å². The zero-order valence-corrected chi connectivity index (χ0v) is 10.8. The van der Waals surface area contributed by atoms with Gasteiger partial charge in [0, 0.05) is 30.8 Å². The highest BCUT2D eigenvalue weighted by atomic mass is 35.5. The van der Waals surface area contributed by atoms with Gasteiger partial charge in [0.2, 0.25) is 0 Å². The van der Waals surface area contributed by atoms with Crippen molar-refractivity contribution in [2.75, 3.05) is 26.8 Å². The van der Waals surface area contributed by atoms with E-state index in [1.165, 1.54) is 0 Å². The lowest BCUT2D eigenvalue weighted by Crippen LogP contribution is -2.21. The molecule has 0 radical (unpaired) electrons. The topological polar surface area (TPSA) is 32.7 Å². The van der Waals surface area contributed by atoms with Crippen molar-refractivity contribution in [3.05, 3.63) is 28.8 Å². The van der Waals surface area contributed by atoms with E-state index in [1.807, 2.05) is 6.07 Å². The second-order valence-corrected chi connectivity index (χ2v) is 5.05. The van der Waals surface area contributed by atoms with Gasteiger partial charge in [0.15, 0.2) is 0 Å². The molecule has 17 heavy (non-hydrogen) atoms. The molecular formula is C13H18ClNO2. The molecule has 1 aliphatic rings. The monoisotopic (exact) mass is 255 g/mol. The molecule has 1 aliphatic heterocycles. The molecule has 1 aromatic rings. The zero-order valence-electron chi connectivity index (χ0n) is 10.0. The molecule has 3 nitrogen and oxygen atoms in total. The molecule has 0 amide bonds.